The smallest absolute Gasteiger partial charge is 0.409 e. The first-order valence-corrected chi connectivity index (χ1v) is 5.54. The van der Waals surface area contributed by atoms with Crippen LogP contribution in [-0.4, -0.2) is 43.8 Å². The maximum atomic E-state index is 11.4. The first-order chi connectivity index (χ1) is 6.95. The molecule has 1 aliphatic rings. The summed E-state index contributed by atoms with van der Waals surface area (Å²) in [5.41, 5.74) is 0.145. The van der Waals surface area contributed by atoms with Gasteiger partial charge in [-0.25, -0.2) is 4.79 Å². The molecule has 0 aliphatic carbocycles. The predicted octanol–water partition coefficient (Wildman–Crippen LogP) is 1.46. The molecule has 1 saturated heterocycles. The number of rotatable bonds is 3. The molecule has 1 N–H and O–H groups in total. The van der Waals surface area contributed by atoms with Crippen molar-refractivity contribution in [1.82, 2.24) is 10.2 Å². The van der Waals surface area contributed by atoms with E-state index in [0.29, 0.717) is 12.6 Å². The van der Waals surface area contributed by atoms with E-state index in [1.807, 2.05) is 7.05 Å². The minimum Gasteiger partial charge on any atom is -0.449 e. The average molecular weight is 214 g/mol. The first kappa shape index (κ1) is 12.3. The summed E-state index contributed by atoms with van der Waals surface area (Å²) in [5.74, 6) is 0. The Hall–Kier alpha value is -0.770. The van der Waals surface area contributed by atoms with Crippen molar-refractivity contribution in [3.63, 3.8) is 0 Å². The van der Waals surface area contributed by atoms with Crippen LogP contribution in [0, 0.1) is 5.41 Å². The molecule has 0 saturated carbocycles. The minimum atomic E-state index is -0.175. The fourth-order valence-corrected chi connectivity index (χ4v) is 1.78. The maximum Gasteiger partial charge on any atom is 0.409 e. The van der Waals surface area contributed by atoms with Crippen molar-refractivity contribution in [2.24, 2.45) is 5.41 Å². The molecule has 1 heterocycles. The molecule has 1 aliphatic heterocycles. The number of carbonyl (C=O) groups excluding carboxylic acids is 1. The molecular weight excluding hydrogens is 192 g/mol. The molecular formula is C11H22N2O2. The zero-order chi connectivity index (χ0) is 11.5. The maximum absolute atomic E-state index is 11.4. The molecule has 1 unspecified atom stereocenters. The molecule has 4 nitrogen and oxygen atoms in total. The third-order valence-electron chi connectivity index (χ3n) is 2.85. The Bertz CT molecular complexity index is 223. The van der Waals surface area contributed by atoms with Gasteiger partial charge in [0.05, 0.1) is 6.61 Å². The van der Waals surface area contributed by atoms with Crippen molar-refractivity contribution in [1.29, 1.82) is 0 Å². The Morgan fingerprint density at radius 2 is 2.20 bits per heavy atom. The summed E-state index contributed by atoms with van der Waals surface area (Å²) in [6.45, 7) is 8.61. The molecule has 1 atom stereocenters. The zero-order valence-corrected chi connectivity index (χ0v) is 10.2. The Labute approximate surface area is 92.0 Å². The van der Waals surface area contributed by atoms with Gasteiger partial charge in [-0.15, -0.1) is 0 Å². The average Bonchev–Trinajstić information content (AvgIpc) is 2.14. The standard InChI is InChI=1S/C11H22N2O2/c1-11(2,3)9(12-4)8-13-6-5-7-15-10(13)14/h9,12H,5-8H2,1-4H3. The summed E-state index contributed by atoms with van der Waals surface area (Å²) < 4.78 is 5.01. The Balaban J connectivity index is 2.54. The lowest BCUT2D eigenvalue weighted by molar-refractivity contribution is 0.0622. The molecule has 0 aromatic heterocycles. The largest absolute Gasteiger partial charge is 0.449 e. The normalized spacial score (nSPS) is 20.0. The summed E-state index contributed by atoms with van der Waals surface area (Å²) in [5, 5.41) is 3.26. The van der Waals surface area contributed by atoms with Crippen LogP contribution in [-0.2, 0) is 4.74 Å². The van der Waals surface area contributed by atoms with Gasteiger partial charge in [0.25, 0.3) is 0 Å². The van der Waals surface area contributed by atoms with E-state index in [1.165, 1.54) is 0 Å². The van der Waals surface area contributed by atoms with Crippen LogP contribution in [0.5, 0.6) is 0 Å². The van der Waals surface area contributed by atoms with Gasteiger partial charge in [-0.3, -0.25) is 0 Å². The van der Waals surface area contributed by atoms with Crippen LogP contribution in [0.1, 0.15) is 27.2 Å². The van der Waals surface area contributed by atoms with Crippen LogP contribution < -0.4 is 5.32 Å². The van der Waals surface area contributed by atoms with Gasteiger partial charge in [-0.2, -0.15) is 0 Å². The van der Waals surface area contributed by atoms with E-state index in [1.54, 1.807) is 4.90 Å². The van der Waals surface area contributed by atoms with Crippen LogP contribution >= 0.6 is 0 Å². The van der Waals surface area contributed by atoms with Crippen molar-refractivity contribution < 1.29 is 9.53 Å². The van der Waals surface area contributed by atoms with E-state index in [-0.39, 0.29) is 11.5 Å². The SMILES string of the molecule is CNC(CN1CCCOC1=O)C(C)(C)C. The molecule has 0 bridgehead atoms. The van der Waals surface area contributed by atoms with Crippen LogP contribution in [0.2, 0.25) is 0 Å². The van der Waals surface area contributed by atoms with Crippen LogP contribution in [0.15, 0.2) is 0 Å². The molecule has 0 aromatic rings. The molecule has 4 heteroatoms. The Morgan fingerprint density at radius 1 is 1.53 bits per heavy atom. The summed E-state index contributed by atoms with van der Waals surface area (Å²) in [6.07, 6.45) is 0.762. The molecule has 0 aromatic carbocycles. The first-order valence-electron chi connectivity index (χ1n) is 5.54. The fraction of sp³-hybridized carbons (Fsp3) is 0.909. The van der Waals surface area contributed by atoms with Crippen LogP contribution in [0.3, 0.4) is 0 Å². The van der Waals surface area contributed by atoms with Gasteiger partial charge in [0.2, 0.25) is 0 Å². The second-order valence-electron chi connectivity index (χ2n) is 5.12. The molecule has 15 heavy (non-hydrogen) atoms. The number of hydrogen-bond acceptors (Lipinski definition) is 3. The predicted molar refractivity (Wildman–Crippen MR) is 59.8 cm³/mol. The molecule has 1 amide bonds. The fourth-order valence-electron chi connectivity index (χ4n) is 1.78. The van der Waals surface area contributed by atoms with Gasteiger partial charge >= 0.3 is 6.09 Å². The minimum absolute atomic E-state index is 0.145. The van der Waals surface area contributed by atoms with Crippen molar-refractivity contribution in [3.05, 3.63) is 0 Å². The summed E-state index contributed by atoms with van der Waals surface area (Å²) >= 11 is 0. The summed E-state index contributed by atoms with van der Waals surface area (Å²) in [7, 11) is 1.94. The van der Waals surface area contributed by atoms with Crippen molar-refractivity contribution in [2.75, 3.05) is 26.7 Å². The lowest BCUT2D eigenvalue weighted by Gasteiger charge is -2.36. The lowest BCUT2D eigenvalue weighted by Crippen LogP contribution is -2.50. The van der Waals surface area contributed by atoms with Gasteiger partial charge < -0.3 is 15.0 Å². The van der Waals surface area contributed by atoms with E-state index in [4.69, 9.17) is 4.74 Å². The number of hydrogen-bond donors (Lipinski definition) is 1. The van der Waals surface area contributed by atoms with Gasteiger partial charge in [0.1, 0.15) is 0 Å². The van der Waals surface area contributed by atoms with E-state index in [2.05, 4.69) is 26.1 Å². The number of carbonyl (C=O) groups is 1. The van der Waals surface area contributed by atoms with Crippen molar-refractivity contribution in [3.8, 4) is 0 Å². The number of nitrogens with one attached hydrogen (secondary N) is 1. The van der Waals surface area contributed by atoms with Gasteiger partial charge in [0, 0.05) is 19.1 Å². The third-order valence-corrected chi connectivity index (χ3v) is 2.85. The summed E-state index contributed by atoms with van der Waals surface area (Å²) in [4.78, 5) is 13.2. The highest BCUT2D eigenvalue weighted by molar-refractivity contribution is 5.68. The van der Waals surface area contributed by atoms with Crippen molar-refractivity contribution in [2.45, 2.75) is 33.2 Å². The molecule has 0 spiro atoms. The molecule has 0 radical (unpaired) electrons. The van der Waals surface area contributed by atoms with E-state index in [0.717, 1.165) is 19.5 Å². The monoisotopic (exact) mass is 214 g/mol. The zero-order valence-electron chi connectivity index (χ0n) is 10.2. The van der Waals surface area contributed by atoms with Gasteiger partial charge in [-0.1, -0.05) is 20.8 Å². The van der Waals surface area contributed by atoms with E-state index >= 15 is 0 Å². The van der Waals surface area contributed by atoms with E-state index in [9.17, 15) is 4.79 Å². The second-order valence-corrected chi connectivity index (χ2v) is 5.12. The molecule has 88 valence electrons. The topological polar surface area (TPSA) is 41.6 Å². The van der Waals surface area contributed by atoms with Gasteiger partial charge in [0.15, 0.2) is 0 Å². The molecule has 1 rings (SSSR count). The highest BCUT2D eigenvalue weighted by Gasteiger charge is 2.28. The Morgan fingerprint density at radius 3 is 2.67 bits per heavy atom. The van der Waals surface area contributed by atoms with Gasteiger partial charge in [-0.05, 0) is 18.9 Å². The highest BCUT2D eigenvalue weighted by atomic mass is 16.6. The quantitative estimate of drug-likeness (QED) is 0.773. The lowest BCUT2D eigenvalue weighted by atomic mass is 9.86. The Kier molecular flexibility index (Phi) is 3.97. The molecule has 1 fully saturated rings. The number of cyclic esters (lactones) is 1. The summed E-state index contributed by atoms with van der Waals surface area (Å²) in [6, 6.07) is 0.295. The van der Waals surface area contributed by atoms with E-state index < -0.39 is 0 Å². The van der Waals surface area contributed by atoms with Crippen LogP contribution in [0.4, 0.5) is 4.79 Å². The number of amides is 1. The number of likely N-dealkylation sites (N-methyl/N-ethyl adjacent to an activating group) is 1. The third kappa shape index (κ3) is 3.38. The number of ether oxygens (including phenoxy) is 1. The number of nitrogens with zero attached hydrogens (tertiary/aromatic N) is 1. The van der Waals surface area contributed by atoms with Crippen molar-refractivity contribution >= 4 is 6.09 Å². The highest BCUT2D eigenvalue weighted by Crippen LogP contribution is 2.20. The van der Waals surface area contributed by atoms with Crippen LogP contribution in [0.25, 0.3) is 0 Å². The second kappa shape index (κ2) is 4.84.